The lowest BCUT2D eigenvalue weighted by atomic mass is 10.1. The van der Waals surface area contributed by atoms with Crippen molar-refractivity contribution in [1.29, 1.82) is 0 Å². The van der Waals surface area contributed by atoms with Gasteiger partial charge in [-0.2, -0.15) is 0 Å². The van der Waals surface area contributed by atoms with Crippen LogP contribution in [0.4, 0.5) is 5.69 Å². The zero-order valence-corrected chi connectivity index (χ0v) is 13.2. The Kier molecular flexibility index (Phi) is 5.21. The molecular weight excluding hydrogens is 310 g/mol. The number of hydrogen-bond donors (Lipinski definition) is 3. The number of carbonyl (C=O) groups is 2. The van der Waals surface area contributed by atoms with Crippen LogP contribution in [-0.2, 0) is 4.79 Å². The maximum Gasteiger partial charge on any atom is 0.337 e. The predicted octanol–water partition coefficient (Wildman–Crippen LogP) is 3.14. The number of carboxylic acids is 1. The van der Waals surface area contributed by atoms with E-state index in [0.29, 0.717) is 16.9 Å². The van der Waals surface area contributed by atoms with E-state index in [-0.39, 0.29) is 17.0 Å². The van der Waals surface area contributed by atoms with Gasteiger partial charge in [0.1, 0.15) is 0 Å². The number of aromatic carboxylic acids is 1. The van der Waals surface area contributed by atoms with Gasteiger partial charge in [0.05, 0.1) is 18.4 Å². The monoisotopic (exact) mass is 327 g/mol. The van der Waals surface area contributed by atoms with E-state index in [0.717, 1.165) is 0 Å². The summed E-state index contributed by atoms with van der Waals surface area (Å²) in [5.41, 5.74) is 1.49. The second-order valence-electron chi connectivity index (χ2n) is 5.05. The van der Waals surface area contributed by atoms with Gasteiger partial charge in [0.15, 0.2) is 11.5 Å². The Hall–Kier alpha value is -3.28. The first-order valence-electron chi connectivity index (χ1n) is 7.11. The molecule has 24 heavy (non-hydrogen) atoms. The highest BCUT2D eigenvalue weighted by molar-refractivity contribution is 6.07. The molecule has 0 aliphatic carbocycles. The maximum atomic E-state index is 12.1. The Morgan fingerprint density at radius 2 is 1.88 bits per heavy atom. The molecule has 0 saturated heterocycles. The summed E-state index contributed by atoms with van der Waals surface area (Å²) in [6, 6.07) is 11.0. The summed E-state index contributed by atoms with van der Waals surface area (Å²) in [6.07, 6.45) is 1.33. The molecule has 0 radical (unpaired) electrons. The Balaban J connectivity index is 2.20. The van der Waals surface area contributed by atoms with Crippen molar-refractivity contribution in [3.8, 4) is 11.5 Å². The van der Waals surface area contributed by atoms with Crippen molar-refractivity contribution in [3.63, 3.8) is 0 Å². The van der Waals surface area contributed by atoms with E-state index in [9.17, 15) is 14.7 Å². The van der Waals surface area contributed by atoms with Gasteiger partial charge in [0.2, 0.25) is 5.91 Å². The second-order valence-corrected chi connectivity index (χ2v) is 5.05. The quantitative estimate of drug-likeness (QED) is 0.733. The standard InChI is InChI=1S/C18H17NO5/c1-11(12-7-8-16(24-2)15(20)10-12)9-17(21)19-14-6-4-3-5-13(14)18(22)23/h3-10,20H,1-2H3,(H,19,21)(H,22,23)/b11-9+. The Bertz CT molecular complexity index is 811. The number of ether oxygens (including phenoxy) is 1. The lowest BCUT2D eigenvalue weighted by molar-refractivity contribution is -0.111. The van der Waals surface area contributed by atoms with Crippen molar-refractivity contribution in [1.82, 2.24) is 0 Å². The first kappa shape index (κ1) is 17.1. The molecule has 2 aromatic carbocycles. The number of para-hydroxylation sites is 1. The van der Waals surface area contributed by atoms with Gasteiger partial charge in [-0.05, 0) is 42.3 Å². The van der Waals surface area contributed by atoms with Gasteiger partial charge >= 0.3 is 5.97 Å². The summed E-state index contributed by atoms with van der Waals surface area (Å²) in [6.45, 7) is 1.71. The highest BCUT2D eigenvalue weighted by Crippen LogP contribution is 2.29. The largest absolute Gasteiger partial charge is 0.504 e. The Labute approximate surface area is 139 Å². The highest BCUT2D eigenvalue weighted by atomic mass is 16.5. The number of rotatable bonds is 5. The second kappa shape index (κ2) is 7.32. The third kappa shape index (κ3) is 3.92. The van der Waals surface area contributed by atoms with Crippen molar-refractivity contribution in [2.75, 3.05) is 12.4 Å². The van der Waals surface area contributed by atoms with Crippen LogP contribution >= 0.6 is 0 Å². The first-order chi connectivity index (χ1) is 11.4. The van der Waals surface area contributed by atoms with E-state index in [1.807, 2.05) is 0 Å². The molecule has 2 aromatic rings. The van der Waals surface area contributed by atoms with Crippen molar-refractivity contribution >= 4 is 23.1 Å². The molecule has 6 heteroatoms. The van der Waals surface area contributed by atoms with Gasteiger partial charge < -0.3 is 20.3 Å². The Morgan fingerprint density at radius 1 is 1.17 bits per heavy atom. The topological polar surface area (TPSA) is 95.9 Å². The van der Waals surface area contributed by atoms with Gasteiger partial charge in [-0.25, -0.2) is 4.79 Å². The van der Waals surface area contributed by atoms with Gasteiger partial charge in [-0.1, -0.05) is 18.2 Å². The molecule has 124 valence electrons. The van der Waals surface area contributed by atoms with Crippen molar-refractivity contribution < 1.29 is 24.5 Å². The van der Waals surface area contributed by atoms with E-state index in [1.54, 1.807) is 31.2 Å². The number of carbonyl (C=O) groups excluding carboxylic acids is 1. The van der Waals surface area contributed by atoms with Crippen LogP contribution in [0.1, 0.15) is 22.8 Å². The molecule has 0 saturated carbocycles. The van der Waals surface area contributed by atoms with Crippen LogP contribution in [-0.4, -0.2) is 29.2 Å². The lowest BCUT2D eigenvalue weighted by Crippen LogP contribution is -2.12. The summed E-state index contributed by atoms with van der Waals surface area (Å²) in [5.74, 6) is -1.27. The zero-order chi connectivity index (χ0) is 17.7. The maximum absolute atomic E-state index is 12.1. The smallest absolute Gasteiger partial charge is 0.337 e. The number of anilines is 1. The summed E-state index contributed by atoms with van der Waals surface area (Å²) >= 11 is 0. The number of allylic oxidation sites excluding steroid dienone is 1. The average Bonchev–Trinajstić information content (AvgIpc) is 2.54. The van der Waals surface area contributed by atoms with Crippen LogP contribution in [0.3, 0.4) is 0 Å². The Morgan fingerprint density at radius 3 is 2.50 bits per heavy atom. The molecule has 6 nitrogen and oxygen atoms in total. The molecule has 2 rings (SSSR count). The van der Waals surface area contributed by atoms with Crippen LogP contribution in [0.15, 0.2) is 48.5 Å². The number of phenols is 1. The SMILES string of the molecule is COc1ccc(/C(C)=C/C(=O)Nc2ccccc2C(=O)O)cc1O. The molecule has 0 spiro atoms. The van der Waals surface area contributed by atoms with Gasteiger partial charge in [-0.15, -0.1) is 0 Å². The van der Waals surface area contributed by atoms with E-state index < -0.39 is 11.9 Å². The number of nitrogens with one attached hydrogen (secondary N) is 1. The fourth-order valence-corrected chi connectivity index (χ4v) is 2.16. The number of carboxylic acid groups (broad SMARTS) is 1. The van der Waals surface area contributed by atoms with Crippen LogP contribution in [0.2, 0.25) is 0 Å². The predicted molar refractivity (Wildman–Crippen MR) is 90.3 cm³/mol. The number of aromatic hydroxyl groups is 1. The molecule has 0 heterocycles. The third-order valence-corrected chi connectivity index (χ3v) is 3.40. The number of benzene rings is 2. The third-order valence-electron chi connectivity index (χ3n) is 3.40. The zero-order valence-electron chi connectivity index (χ0n) is 13.2. The molecule has 0 aliphatic rings. The number of hydrogen-bond acceptors (Lipinski definition) is 4. The number of methoxy groups -OCH3 is 1. The number of amides is 1. The summed E-state index contributed by atoms with van der Waals surface area (Å²) in [4.78, 5) is 23.2. The minimum absolute atomic E-state index is 0.0130. The average molecular weight is 327 g/mol. The molecule has 0 unspecified atom stereocenters. The van der Waals surface area contributed by atoms with Crippen LogP contribution in [0.25, 0.3) is 5.57 Å². The normalized spacial score (nSPS) is 11.0. The molecule has 0 aromatic heterocycles. The van der Waals surface area contributed by atoms with Crippen molar-refractivity contribution in [2.45, 2.75) is 6.92 Å². The van der Waals surface area contributed by atoms with E-state index in [2.05, 4.69) is 5.32 Å². The van der Waals surface area contributed by atoms with E-state index >= 15 is 0 Å². The van der Waals surface area contributed by atoms with Gasteiger partial charge in [-0.3, -0.25) is 4.79 Å². The molecule has 0 bridgehead atoms. The molecule has 0 atom stereocenters. The molecule has 1 amide bonds. The van der Waals surface area contributed by atoms with E-state index in [4.69, 9.17) is 9.84 Å². The highest BCUT2D eigenvalue weighted by Gasteiger charge is 2.11. The molecule has 0 aliphatic heterocycles. The van der Waals surface area contributed by atoms with E-state index in [1.165, 1.54) is 31.4 Å². The minimum Gasteiger partial charge on any atom is -0.504 e. The molecular formula is C18H17NO5. The van der Waals surface area contributed by atoms with Gasteiger partial charge in [0, 0.05) is 6.08 Å². The van der Waals surface area contributed by atoms with Crippen LogP contribution in [0, 0.1) is 0 Å². The summed E-state index contributed by atoms with van der Waals surface area (Å²) in [5, 5.41) is 21.4. The lowest BCUT2D eigenvalue weighted by Gasteiger charge is -2.08. The van der Waals surface area contributed by atoms with Crippen LogP contribution < -0.4 is 10.1 Å². The molecule has 0 fully saturated rings. The van der Waals surface area contributed by atoms with Gasteiger partial charge in [0.25, 0.3) is 0 Å². The van der Waals surface area contributed by atoms with Crippen molar-refractivity contribution in [3.05, 3.63) is 59.7 Å². The van der Waals surface area contributed by atoms with Crippen LogP contribution in [0.5, 0.6) is 11.5 Å². The fraction of sp³-hybridized carbons (Fsp3) is 0.111. The fourth-order valence-electron chi connectivity index (χ4n) is 2.16. The minimum atomic E-state index is -1.12. The first-order valence-corrected chi connectivity index (χ1v) is 7.11. The summed E-state index contributed by atoms with van der Waals surface area (Å²) in [7, 11) is 1.45. The number of phenolic OH excluding ortho intramolecular Hbond substituents is 1. The van der Waals surface area contributed by atoms with Crippen molar-refractivity contribution in [2.24, 2.45) is 0 Å². The summed E-state index contributed by atoms with van der Waals surface area (Å²) < 4.78 is 4.97. The molecule has 3 N–H and O–H groups in total.